The zero-order valence-electron chi connectivity index (χ0n) is 14.5. The van der Waals surface area contributed by atoms with Gasteiger partial charge in [-0.2, -0.15) is 0 Å². The number of benzene rings is 2. The first-order chi connectivity index (χ1) is 11.7. The van der Waals surface area contributed by atoms with Crippen molar-refractivity contribution in [2.24, 2.45) is 0 Å². The van der Waals surface area contributed by atoms with Gasteiger partial charge in [-0.3, -0.25) is 0 Å². The number of aryl methyl sites for hydroxylation is 2. The van der Waals surface area contributed by atoms with E-state index < -0.39 is 0 Å². The fourth-order valence-electron chi connectivity index (χ4n) is 2.84. The molecule has 0 saturated carbocycles. The summed E-state index contributed by atoms with van der Waals surface area (Å²) in [5.74, 6) is 0. The molecular formula is C22H25NO. The Morgan fingerprint density at radius 2 is 1.46 bits per heavy atom. The van der Waals surface area contributed by atoms with E-state index >= 15 is 0 Å². The smallest absolute Gasteiger partial charge is 0.0642 e. The van der Waals surface area contributed by atoms with E-state index in [0.717, 1.165) is 26.3 Å². The first-order valence-corrected chi connectivity index (χ1v) is 8.57. The first-order valence-electron chi connectivity index (χ1n) is 8.57. The van der Waals surface area contributed by atoms with Crippen LogP contribution in [0.2, 0.25) is 0 Å². The fourth-order valence-corrected chi connectivity index (χ4v) is 2.84. The van der Waals surface area contributed by atoms with Crippen LogP contribution < -0.4 is 0 Å². The molecule has 0 aromatic heterocycles. The Labute approximate surface area is 145 Å². The molecule has 1 aliphatic heterocycles. The molecule has 2 aromatic rings. The molecule has 0 amide bonds. The standard InChI is InChI=1S/C22H25NO/c1-18-6-10-20(11-7-18)4-3-5-22(23-14-16-24-17-15-23)21-12-8-19(2)9-13-21/h3-13H,14-17H2,1-2H3/b4-3+,22-5+. The van der Waals surface area contributed by atoms with Gasteiger partial charge < -0.3 is 9.64 Å². The monoisotopic (exact) mass is 319 g/mol. The summed E-state index contributed by atoms with van der Waals surface area (Å²) in [6, 6.07) is 17.4. The lowest BCUT2D eigenvalue weighted by Gasteiger charge is -2.31. The van der Waals surface area contributed by atoms with Gasteiger partial charge in [0, 0.05) is 18.8 Å². The maximum absolute atomic E-state index is 5.50. The first kappa shape index (κ1) is 16.5. The van der Waals surface area contributed by atoms with E-state index in [1.807, 2.05) is 0 Å². The maximum Gasteiger partial charge on any atom is 0.0642 e. The number of allylic oxidation sites excluding steroid dienone is 2. The number of nitrogens with zero attached hydrogens (tertiary/aromatic N) is 1. The van der Waals surface area contributed by atoms with Gasteiger partial charge in [-0.15, -0.1) is 0 Å². The third-order valence-electron chi connectivity index (χ3n) is 4.32. The van der Waals surface area contributed by atoms with Crippen molar-refractivity contribution in [3.8, 4) is 0 Å². The lowest BCUT2D eigenvalue weighted by molar-refractivity contribution is 0.0639. The quantitative estimate of drug-likeness (QED) is 0.758. The highest BCUT2D eigenvalue weighted by molar-refractivity contribution is 5.68. The number of rotatable bonds is 4. The molecule has 0 spiro atoms. The van der Waals surface area contributed by atoms with Gasteiger partial charge in [0.2, 0.25) is 0 Å². The van der Waals surface area contributed by atoms with Crippen LogP contribution >= 0.6 is 0 Å². The van der Waals surface area contributed by atoms with Crippen molar-refractivity contribution in [3.63, 3.8) is 0 Å². The molecule has 2 heteroatoms. The summed E-state index contributed by atoms with van der Waals surface area (Å²) >= 11 is 0. The van der Waals surface area contributed by atoms with E-state index in [1.165, 1.54) is 28.0 Å². The Bertz CT molecular complexity index is 705. The van der Waals surface area contributed by atoms with Crippen LogP contribution in [0.15, 0.2) is 60.7 Å². The summed E-state index contributed by atoms with van der Waals surface area (Å²) < 4.78 is 5.50. The van der Waals surface area contributed by atoms with Crippen molar-refractivity contribution in [2.45, 2.75) is 13.8 Å². The molecular weight excluding hydrogens is 294 g/mol. The Morgan fingerprint density at radius 3 is 2.08 bits per heavy atom. The van der Waals surface area contributed by atoms with Gasteiger partial charge in [0.1, 0.15) is 0 Å². The van der Waals surface area contributed by atoms with Crippen LogP contribution in [-0.4, -0.2) is 31.2 Å². The maximum atomic E-state index is 5.50. The summed E-state index contributed by atoms with van der Waals surface area (Å²) in [5, 5.41) is 0. The molecule has 24 heavy (non-hydrogen) atoms. The molecule has 1 fully saturated rings. The van der Waals surface area contributed by atoms with Crippen LogP contribution in [-0.2, 0) is 4.74 Å². The fraction of sp³-hybridized carbons (Fsp3) is 0.273. The lowest BCUT2D eigenvalue weighted by Crippen LogP contribution is -2.34. The van der Waals surface area contributed by atoms with Crippen molar-refractivity contribution in [3.05, 3.63) is 82.9 Å². The highest BCUT2D eigenvalue weighted by Crippen LogP contribution is 2.21. The minimum Gasteiger partial charge on any atom is -0.378 e. The van der Waals surface area contributed by atoms with E-state index in [2.05, 4.69) is 85.5 Å². The van der Waals surface area contributed by atoms with Crippen molar-refractivity contribution >= 4 is 11.8 Å². The Balaban J connectivity index is 1.85. The molecule has 2 aromatic carbocycles. The second-order valence-corrected chi connectivity index (χ2v) is 6.29. The van der Waals surface area contributed by atoms with Gasteiger partial charge in [0.15, 0.2) is 0 Å². The zero-order chi connectivity index (χ0) is 16.8. The van der Waals surface area contributed by atoms with E-state index in [9.17, 15) is 0 Å². The molecule has 0 aliphatic carbocycles. The molecule has 1 aliphatic rings. The van der Waals surface area contributed by atoms with Crippen molar-refractivity contribution < 1.29 is 4.74 Å². The van der Waals surface area contributed by atoms with Gasteiger partial charge in [-0.25, -0.2) is 0 Å². The zero-order valence-corrected chi connectivity index (χ0v) is 14.5. The van der Waals surface area contributed by atoms with Crippen molar-refractivity contribution in [1.82, 2.24) is 4.90 Å². The highest BCUT2D eigenvalue weighted by Gasteiger charge is 2.14. The molecule has 3 rings (SSSR count). The van der Waals surface area contributed by atoms with Gasteiger partial charge in [-0.05, 0) is 31.1 Å². The topological polar surface area (TPSA) is 12.5 Å². The van der Waals surface area contributed by atoms with Crippen LogP contribution in [0.1, 0.15) is 22.3 Å². The molecule has 1 saturated heterocycles. The van der Waals surface area contributed by atoms with Crippen LogP contribution in [0.25, 0.3) is 11.8 Å². The second kappa shape index (κ2) is 7.98. The number of hydrogen-bond acceptors (Lipinski definition) is 2. The summed E-state index contributed by atoms with van der Waals surface area (Å²) in [6.07, 6.45) is 6.53. The van der Waals surface area contributed by atoms with Crippen LogP contribution in [0, 0.1) is 13.8 Å². The molecule has 1 heterocycles. The molecule has 0 bridgehead atoms. The summed E-state index contributed by atoms with van der Waals surface area (Å²) in [7, 11) is 0. The van der Waals surface area contributed by atoms with E-state index in [4.69, 9.17) is 4.74 Å². The number of morpholine rings is 1. The minimum absolute atomic E-state index is 0.797. The van der Waals surface area contributed by atoms with E-state index in [-0.39, 0.29) is 0 Å². The average molecular weight is 319 g/mol. The summed E-state index contributed by atoms with van der Waals surface area (Å²) in [6.45, 7) is 7.71. The second-order valence-electron chi connectivity index (χ2n) is 6.29. The molecule has 0 unspecified atom stereocenters. The normalized spacial score (nSPS) is 15.9. The molecule has 0 N–H and O–H groups in total. The number of hydrogen-bond donors (Lipinski definition) is 0. The Morgan fingerprint density at radius 1 is 0.875 bits per heavy atom. The Hall–Kier alpha value is -2.32. The highest BCUT2D eigenvalue weighted by atomic mass is 16.5. The average Bonchev–Trinajstić information content (AvgIpc) is 2.62. The van der Waals surface area contributed by atoms with Crippen LogP contribution in [0.4, 0.5) is 0 Å². The van der Waals surface area contributed by atoms with Crippen LogP contribution in [0.3, 0.4) is 0 Å². The summed E-state index contributed by atoms with van der Waals surface area (Å²) in [4.78, 5) is 2.41. The van der Waals surface area contributed by atoms with Gasteiger partial charge >= 0.3 is 0 Å². The van der Waals surface area contributed by atoms with Gasteiger partial charge in [-0.1, -0.05) is 71.8 Å². The van der Waals surface area contributed by atoms with Gasteiger partial charge in [0.25, 0.3) is 0 Å². The molecule has 0 radical (unpaired) electrons. The molecule has 0 atom stereocenters. The summed E-state index contributed by atoms with van der Waals surface area (Å²) in [5.41, 5.74) is 6.33. The number of ether oxygens (including phenoxy) is 1. The SMILES string of the molecule is Cc1ccc(/C=C/C=C(\c2ccc(C)cc2)N2CCOCC2)cc1. The largest absolute Gasteiger partial charge is 0.378 e. The lowest BCUT2D eigenvalue weighted by atomic mass is 10.1. The third-order valence-corrected chi connectivity index (χ3v) is 4.32. The predicted octanol–water partition coefficient (Wildman–Crippen LogP) is 4.69. The third kappa shape index (κ3) is 4.36. The van der Waals surface area contributed by atoms with Gasteiger partial charge in [0.05, 0.1) is 13.2 Å². The minimum atomic E-state index is 0.797. The van der Waals surface area contributed by atoms with Crippen molar-refractivity contribution in [1.29, 1.82) is 0 Å². The predicted molar refractivity (Wildman–Crippen MR) is 102 cm³/mol. The van der Waals surface area contributed by atoms with E-state index in [1.54, 1.807) is 0 Å². The van der Waals surface area contributed by atoms with Crippen molar-refractivity contribution in [2.75, 3.05) is 26.3 Å². The molecule has 2 nitrogen and oxygen atoms in total. The molecule has 124 valence electrons. The van der Waals surface area contributed by atoms with E-state index in [0.29, 0.717) is 0 Å². The Kier molecular flexibility index (Phi) is 5.50. The van der Waals surface area contributed by atoms with Crippen LogP contribution in [0.5, 0.6) is 0 Å².